The highest BCUT2D eigenvalue weighted by Gasteiger charge is 2.06. The number of aryl methyl sites for hydroxylation is 2. The van der Waals surface area contributed by atoms with Crippen LogP contribution in [0.1, 0.15) is 32.8 Å². The van der Waals surface area contributed by atoms with Gasteiger partial charge in [-0.1, -0.05) is 12.1 Å². The van der Waals surface area contributed by atoms with E-state index in [1.54, 1.807) is 35.6 Å². The van der Waals surface area contributed by atoms with Crippen LogP contribution in [0.4, 0.5) is 0 Å². The molecule has 0 saturated heterocycles. The van der Waals surface area contributed by atoms with E-state index in [2.05, 4.69) is 5.32 Å². The quantitative estimate of drug-likeness (QED) is 0.862. The summed E-state index contributed by atoms with van der Waals surface area (Å²) in [5.74, 6) is -0.935. The molecule has 0 aliphatic rings. The monoisotopic (exact) mass is 303 g/mol. The predicted molar refractivity (Wildman–Crippen MR) is 82.6 cm³/mol. The minimum absolute atomic E-state index is 0.00473. The molecule has 0 aliphatic heterocycles. The summed E-state index contributed by atoms with van der Waals surface area (Å²) in [6, 6.07) is 8.66. The molecule has 5 heteroatoms. The van der Waals surface area contributed by atoms with Gasteiger partial charge in [0, 0.05) is 11.3 Å². The van der Waals surface area contributed by atoms with Crippen LogP contribution in [-0.2, 0) is 17.8 Å². The molecule has 0 spiro atoms. The molecule has 110 valence electrons. The number of carboxylic acids is 1. The van der Waals surface area contributed by atoms with E-state index >= 15 is 0 Å². The average molecular weight is 303 g/mol. The van der Waals surface area contributed by atoms with E-state index in [1.165, 1.54) is 10.4 Å². The second kappa shape index (κ2) is 7.04. The van der Waals surface area contributed by atoms with Crippen molar-refractivity contribution in [1.82, 2.24) is 5.32 Å². The molecule has 0 bridgehead atoms. The molecule has 2 aromatic rings. The van der Waals surface area contributed by atoms with Gasteiger partial charge in [0.2, 0.25) is 5.91 Å². The molecular weight excluding hydrogens is 286 g/mol. The molecule has 1 heterocycles. The van der Waals surface area contributed by atoms with Crippen molar-refractivity contribution in [3.63, 3.8) is 0 Å². The third kappa shape index (κ3) is 4.43. The Hall–Kier alpha value is -2.14. The number of hydrogen-bond donors (Lipinski definition) is 2. The van der Waals surface area contributed by atoms with Gasteiger partial charge in [-0.2, -0.15) is 0 Å². The van der Waals surface area contributed by atoms with E-state index < -0.39 is 5.97 Å². The van der Waals surface area contributed by atoms with E-state index in [-0.39, 0.29) is 11.5 Å². The van der Waals surface area contributed by atoms with Gasteiger partial charge in [-0.25, -0.2) is 4.79 Å². The molecule has 0 saturated carbocycles. The van der Waals surface area contributed by atoms with Crippen molar-refractivity contribution in [3.8, 4) is 0 Å². The van der Waals surface area contributed by atoms with Gasteiger partial charge >= 0.3 is 5.97 Å². The Morgan fingerprint density at radius 3 is 2.48 bits per heavy atom. The summed E-state index contributed by atoms with van der Waals surface area (Å²) >= 11 is 1.64. The van der Waals surface area contributed by atoms with E-state index in [9.17, 15) is 9.59 Å². The number of nitrogens with one attached hydrogen (secondary N) is 1. The van der Waals surface area contributed by atoms with Crippen LogP contribution in [0.2, 0.25) is 0 Å². The van der Waals surface area contributed by atoms with Crippen LogP contribution in [0.3, 0.4) is 0 Å². The van der Waals surface area contributed by atoms with Gasteiger partial charge in [0.1, 0.15) is 0 Å². The van der Waals surface area contributed by atoms with Crippen molar-refractivity contribution in [2.24, 2.45) is 0 Å². The van der Waals surface area contributed by atoms with Gasteiger partial charge in [0.15, 0.2) is 0 Å². The maximum absolute atomic E-state index is 11.8. The summed E-state index contributed by atoms with van der Waals surface area (Å²) in [5.41, 5.74) is 2.42. The van der Waals surface area contributed by atoms with E-state index in [4.69, 9.17) is 5.11 Å². The molecule has 2 N–H and O–H groups in total. The number of amides is 1. The maximum atomic E-state index is 11.8. The summed E-state index contributed by atoms with van der Waals surface area (Å²) in [4.78, 5) is 23.7. The van der Waals surface area contributed by atoms with Crippen molar-refractivity contribution in [2.75, 3.05) is 0 Å². The zero-order valence-electron chi connectivity index (χ0n) is 11.8. The summed E-state index contributed by atoms with van der Waals surface area (Å²) in [7, 11) is 0. The van der Waals surface area contributed by atoms with Crippen LogP contribution < -0.4 is 5.32 Å². The number of aromatic carboxylic acids is 1. The van der Waals surface area contributed by atoms with Gasteiger partial charge in [-0.05, 0) is 48.1 Å². The Labute approximate surface area is 127 Å². The first-order chi connectivity index (χ1) is 10.1. The number of rotatable bonds is 6. The molecule has 0 atom stereocenters. The van der Waals surface area contributed by atoms with Crippen molar-refractivity contribution in [3.05, 3.63) is 57.3 Å². The number of thiophene rings is 1. The lowest BCUT2D eigenvalue weighted by atomic mass is 10.1. The van der Waals surface area contributed by atoms with E-state index in [0.29, 0.717) is 19.4 Å². The maximum Gasteiger partial charge on any atom is 0.335 e. The topological polar surface area (TPSA) is 66.4 Å². The normalized spacial score (nSPS) is 10.3. The highest BCUT2D eigenvalue weighted by molar-refractivity contribution is 7.10. The highest BCUT2D eigenvalue weighted by Crippen LogP contribution is 2.15. The van der Waals surface area contributed by atoms with Crippen molar-refractivity contribution in [2.45, 2.75) is 26.3 Å². The lowest BCUT2D eigenvalue weighted by Crippen LogP contribution is -2.22. The first-order valence-electron chi connectivity index (χ1n) is 6.68. The van der Waals surface area contributed by atoms with Crippen LogP contribution in [0.25, 0.3) is 0 Å². The van der Waals surface area contributed by atoms with Gasteiger partial charge < -0.3 is 10.4 Å². The SMILES string of the molecule is Cc1ccsc1CNC(=O)CCc1ccc(C(=O)O)cc1. The van der Waals surface area contributed by atoms with Gasteiger partial charge in [-0.3, -0.25) is 4.79 Å². The molecule has 4 nitrogen and oxygen atoms in total. The fourth-order valence-electron chi connectivity index (χ4n) is 1.92. The van der Waals surface area contributed by atoms with E-state index in [1.807, 2.05) is 18.4 Å². The number of carboxylic acid groups (broad SMARTS) is 1. The average Bonchev–Trinajstić information content (AvgIpc) is 2.88. The Balaban J connectivity index is 1.78. The van der Waals surface area contributed by atoms with Crippen LogP contribution >= 0.6 is 11.3 Å². The van der Waals surface area contributed by atoms with Gasteiger partial charge in [0.05, 0.1) is 12.1 Å². The Kier molecular flexibility index (Phi) is 5.11. The third-order valence-electron chi connectivity index (χ3n) is 3.26. The summed E-state index contributed by atoms with van der Waals surface area (Å²) in [6.07, 6.45) is 1.01. The van der Waals surface area contributed by atoms with Crippen molar-refractivity contribution >= 4 is 23.2 Å². The molecule has 21 heavy (non-hydrogen) atoms. The van der Waals surface area contributed by atoms with Gasteiger partial charge in [-0.15, -0.1) is 11.3 Å². The smallest absolute Gasteiger partial charge is 0.335 e. The molecule has 0 fully saturated rings. The lowest BCUT2D eigenvalue weighted by Gasteiger charge is -2.05. The minimum atomic E-state index is -0.939. The summed E-state index contributed by atoms with van der Waals surface area (Å²) in [5, 5.41) is 13.7. The molecular formula is C16H17NO3S. The zero-order chi connectivity index (χ0) is 15.2. The Morgan fingerprint density at radius 2 is 1.90 bits per heavy atom. The van der Waals surface area contributed by atoms with Crippen LogP contribution in [0, 0.1) is 6.92 Å². The summed E-state index contributed by atoms with van der Waals surface area (Å²) < 4.78 is 0. The largest absolute Gasteiger partial charge is 0.478 e. The van der Waals surface area contributed by atoms with Gasteiger partial charge in [0.25, 0.3) is 0 Å². The molecule has 0 radical (unpaired) electrons. The lowest BCUT2D eigenvalue weighted by molar-refractivity contribution is -0.121. The number of hydrogen-bond acceptors (Lipinski definition) is 3. The van der Waals surface area contributed by atoms with Crippen molar-refractivity contribution in [1.29, 1.82) is 0 Å². The Bertz CT molecular complexity index is 631. The second-order valence-electron chi connectivity index (χ2n) is 4.81. The fourth-order valence-corrected chi connectivity index (χ4v) is 2.77. The predicted octanol–water partition coefficient (Wildman–Crippen LogP) is 3.00. The molecule has 0 aliphatic carbocycles. The molecule has 0 unspecified atom stereocenters. The number of benzene rings is 1. The Morgan fingerprint density at radius 1 is 1.19 bits per heavy atom. The van der Waals surface area contributed by atoms with Crippen LogP contribution in [0.5, 0.6) is 0 Å². The summed E-state index contributed by atoms with van der Waals surface area (Å²) in [6.45, 7) is 2.60. The highest BCUT2D eigenvalue weighted by atomic mass is 32.1. The number of carbonyl (C=O) groups is 2. The zero-order valence-corrected chi connectivity index (χ0v) is 12.6. The molecule has 2 rings (SSSR count). The number of carbonyl (C=O) groups excluding carboxylic acids is 1. The third-order valence-corrected chi connectivity index (χ3v) is 4.28. The standard InChI is InChI=1S/C16H17NO3S/c1-11-8-9-21-14(11)10-17-15(18)7-4-12-2-5-13(6-3-12)16(19)20/h2-3,5-6,8-9H,4,7,10H2,1H3,(H,17,18)(H,19,20). The molecule has 1 aromatic carbocycles. The van der Waals surface area contributed by atoms with Crippen molar-refractivity contribution < 1.29 is 14.7 Å². The molecule has 1 amide bonds. The molecule has 1 aromatic heterocycles. The minimum Gasteiger partial charge on any atom is -0.478 e. The van der Waals surface area contributed by atoms with Crippen LogP contribution in [0.15, 0.2) is 35.7 Å². The second-order valence-corrected chi connectivity index (χ2v) is 5.81. The first-order valence-corrected chi connectivity index (χ1v) is 7.56. The first kappa shape index (κ1) is 15.3. The fraction of sp³-hybridized carbons (Fsp3) is 0.250. The van der Waals surface area contributed by atoms with Crippen LogP contribution in [-0.4, -0.2) is 17.0 Å². The van der Waals surface area contributed by atoms with E-state index in [0.717, 1.165) is 5.56 Å².